The number of methoxy groups -OCH3 is 1. The number of carbonyl (C=O) groups excluding carboxylic acids is 2. The Labute approximate surface area is 122 Å². The fourth-order valence-electron chi connectivity index (χ4n) is 2.65. The lowest BCUT2D eigenvalue weighted by atomic mass is 9.93. The van der Waals surface area contributed by atoms with Crippen LogP contribution in [0, 0.1) is 11.8 Å². The number of ether oxygens (including phenoxy) is 1. The van der Waals surface area contributed by atoms with E-state index >= 15 is 0 Å². The second-order valence-electron chi connectivity index (χ2n) is 6.42. The number of hydrogen-bond donors (Lipinski definition) is 1. The monoisotopic (exact) mass is 284 g/mol. The largest absolute Gasteiger partial charge is 0.380 e. The predicted octanol–water partition coefficient (Wildman–Crippen LogP) is 1.42. The number of nitrogens with one attached hydrogen (secondary N) is 1. The fraction of sp³-hybridized carbons (Fsp3) is 0.867. The van der Waals surface area contributed by atoms with Crippen molar-refractivity contribution in [2.75, 3.05) is 13.7 Å². The third-order valence-electron chi connectivity index (χ3n) is 3.70. The summed E-state index contributed by atoms with van der Waals surface area (Å²) in [5.41, 5.74) is 0. The summed E-state index contributed by atoms with van der Waals surface area (Å²) in [6, 6.07) is -0.801. The van der Waals surface area contributed by atoms with Gasteiger partial charge in [-0.2, -0.15) is 0 Å². The van der Waals surface area contributed by atoms with Gasteiger partial charge in [0.15, 0.2) is 0 Å². The van der Waals surface area contributed by atoms with Crippen molar-refractivity contribution in [3.8, 4) is 0 Å². The lowest BCUT2D eigenvalue weighted by molar-refractivity contribution is -0.153. The summed E-state index contributed by atoms with van der Waals surface area (Å²) in [6.45, 7) is 10.4. The molecule has 3 atom stereocenters. The normalized spacial score (nSPS) is 25.3. The van der Waals surface area contributed by atoms with Crippen LogP contribution in [-0.2, 0) is 14.3 Å². The topological polar surface area (TPSA) is 58.6 Å². The van der Waals surface area contributed by atoms with E-state index in [2.05, 4.69) is 19.2 Å². The first kappa shape index (κ1) is 17.0. The average Bonchev–Trinajstić information content (AvgIpc) is 2.33. The van der Waals surface area contributed by atoms with Gasteiger partial charge in [-0.05, 0) is 25.2 Å². The van der Waals surface area contributed by atoms with Crippen molar-refractivity contribution in [2.24, 2.45) is 11.8 Å². The number of rotatable bonds is 6. The van der Waals surface area contributed by atoms with E-state index in [0.29, 0.717) is 18.9 Å². The first-order chi connectivity index (χ1) is 9.27. The molecule has 1 aliphatic rings. The molecule has 0 aromatic heterocycles. The minimum atomic E-state index is -0.401. The third-order valence-corrected chi connectivity index (χ3v) is 3.70. The van der Waals surface area contributed by atoms with Gasteiger partial charge in [-0.3, -0.25) is 9.59 Å². The zero-order valence-corrected chi connectivity index (χ0v) is 13.5. The number of piperazine rings is 1. The molecule has 0 aromatic carbocycles. The van der Waals surface area contributed by atoms with Crippen LogP contribution in [-0.4, -0.2) is 48.6 Å². The summed E-state index contributed by atoms with van der Waals surface area (Å²) in [7, 11) is 1.62. The van der Waals surface area contributed by atoms with Gasteiger partial charge in [0.05, 0.1) is 6.10 Å². The van der Waals surface area contributed by atoms with Crippen LogP contribution >= 0.6 is 0 Å². The summed E-state index contributed by atoms with van der Waals surface area (Å²) in [5.74, 6) is 0.416. The van der Waals surface area contributed by atoms with Crippen LogP contribution in [0.4, 0.5) is 0 Å². The van der Waals surface area contributed by atoms with E-state index in [1.54, 1.807) is 12.0 Å². The molecule has 116 valence electrons. The van der Waals surface area contributed by atoms with Gasteiger partial charge in [0.1, 0.15) is 12.1 Å². The predicted molar refractivity (Wildman–Crippen MR) is 78.2 cm³/mol. The SMILES string of the molecule is COC(C)CN1C(=O)C(CC(C)C)NC(=O)C1C(C)C. The third kappa shape index (κ3) is 3.95. The summed E-state index contributed by atoms with van der Waals surface area (Å²) in [4.78, 5) is 26.6. The highest BCUT2D eigenvalue weighted by Gasteiger charge is 2.42. The average molecular weight is 284 g/mol. The summed E-state index contributed by atoms with van der Waals surface area (Å²) < 4.78 is 5.26. The first-order valence-corrected chi connectivity index (χ1v) is 7.41. The van der Waals surface area contributed by atoms with Crippen molar-refractivity contribution >= 4 is 11.8 Å². The Morgan fingerprint density at radius 1 is 1.20 bits per heavy atom. The Morgan fingerprint density at radius 3 is 2.25 bits per heavy atom. The zero-order valence-electron chi connectivity index (χ0n) is 13.5. The van der Waals surface area contributed by atoms with E-state index < -0.39 is 12.1 Å². The molecule has 1 saturated heterocycles. The molecule has 1 aliphatic heterocycles. The first-order valence-electron chi connectivity index (χ1n) is 7.41. The maximum Gasteiger partial charge on any atom is 0.245 e. The highest BCUT2D eigenvalue weighted by Crippen LogP contribution is 2.21. The maximum absolute atomic E-state index is 12.6. The van der Waals surface area contributed by atoms with Crippen LogP contribution in [0.3, 0.4) is 0 Å². The second-order valence-corrected chi connectivity index (χ2v) is 6.42. The standard InChI is InChI=1S/C15H28N2O3/c1-9(2)7-12-15(19)17(8-11(5)20-6)13(10(3)4)14(18)16-12/h9-13H,7-8H2,1-6H3,(H,16,18). The van der Waals surface area contributed by atoms with Crippen molar-refractivity contribution in [1.82, 2.24) is 10.2 Å². The molecule has 1 fully saturated rings. The molecule has 5 heteroatoms. The van der Waals surface area contributed by atoms with Crippen molar-refractivity contribution in [3.63, 3.8) is 0 Å². The van der Waals surface area contributed by atoms with E-state index in [4.69, 9.17) is 4.74 Å². The maximum atomic E-state index is 12.6. The van der Waals surface area contributed by atoms with Crippen molar-refractivity contribution in [1.29, 1.82) is 0 Å². The summed E-state index contributed by atoms with van der Waals surface area (Å²) in [5, 5.41) is 2.88. The van der Waals surface area contributed by atoms with Crippen LogP contribution < -0.4 is 5.32 Å². The van der Waals surface area contributed by atoms with E-state index in [9.17, 15) is 9.59 Å². The molecular weight excluding hydrogens is 256 g/mol. The molecule has 1 heterocycles. The lowest BCUT2D eigenvalue weighted by Gasteiger charge is -2.42. The fourth-order valence-corrected chi connectivity index (χ4v) is 2.65. The van der Waals surface area contributed by atoms with E-state index in [-0.39, 0.29) is 23.8 Å². The van der Waals surface area contributed by atoms with Gasteiger partial charge in [0.25, 0.3) is 0 Å². The second kappa shape index (κ2) is 7.07. The minimum absolute atomic E-state index is 0.0147. The molecule has 0 spiro atoms. The van der Waals surface area contributed by atoms with Gasteiger partial charge in [-0.25, -0.2) is 0 Å². The van der Waals surface area contributed by atoms with E-state index in [0.717, 1.165) is 0 Å². The number of amides is 2. The lowest BCUT2D eigenvalue weighted by Crippen LogP contribution is -2.65. The molecule has 0 aromatic rings. The van der Waals surface area contributed by atoms with E-state index in [1.165, 1.54) is 0 Å². The quantitative estimate of drug-likeness (QED) is 0.802. The van der Waals surface area contributed by atoms with Gasteiger partial charge in [-0.15, -0.1) is 0 Å². The van der Waals surface area contributed by atoms with Crippen LogP contribution in [0.15, 0.2) is 0 Å². The Morgan fingerprint density at radius 2 is 1.80 bits per heavy atom. The molecule has 5 nitrogen and oxygen atoms in total. The van der Waals surface area contributed by atoms with Gasteiger partial charge in [0, 0.05) is 13.7 Å². The molecule has 2 amide bonds. The Balaban J connectivity index is 2.95. The highest BCUT2D eigenvalue weighted by molar-refractivity contribution is 5.97. The molecule has 0 bridgehead atoms. The van der Waals surface area contributed by atoms with Gasteiger partial charge in [0.2, 0.25) is 11.8 Å². The molecule has 0 radical (unpaired) electrons. The molecule has 0 aliphatic carbocycles. The smallest absolute Gasteiger partial charge is 0.245 e. The molecule has 1 N–H and O–H groups in total. The highest BCUT2D eigenvalue weighted by atomic mass is 16.5. The molecular formula is C15H28N2O3. The number of nitrogens with zero attached hydrogens (tertiary/aromatic N) is 1. The van der Waals surface area contributed by atoms with E-state index in [1.807, 2.05) is 20.8 Å². The summed E-state index contributed by atoms with van der Waals surface area (Å²) in [6.07, 6.45) is 0.596. The molecule has 1 rings (SSSR count). The molecule has 3 unspecified atom stereocenters. The Bertz CT molecular complexity index is 355. The molecule has 20 heavy (non-hydrogen) atoms. The van der Waals surface area contributed by atoms with Crippen LogP contribution in [0.25, 0.3) is 0 Å². The van der Waals surface area contributed by atoms with Gasteiger partial charge < -0.3 is 15.0 Å². The zero-order chi connectivity index (χ0) is 15.4. The number of hydrogen-bond acceptors (Lipinski definition) is 3. The van der Waals surface area contributed by atoms with Crippen LogP contribution in [0.2, 0.25) is 0 Å². The Hall–Kier alpha value is -1.10. The van der Waals surface area contributed by atoms with Crippen LogP contribution in [0.1, 0.15) is 41.0 Å². The van der Waals surface area contributed by atoms with Gasteiger partial charge in [-0.1, -0.05) is 27.7 Å². The number of carbonyl (C=O) groups is 2. The van der Waals surface area contributed by atoms with Crippen LogP contribution in [0.5, 0.6) is 0 Å². The summed E-state index contributed by atoms with van der Waals surface area (Å²) >= 11 is 0. The van der Waals surface area contributed by atoms with Gasteiger partial charge >= 0.3 is 0 Å². The Kier molecular flexibility index (Phi) is 5.99. The van der Waals surface area contributed by atoms with Crippen molar-refractivity contribution < 1.29 is 14.3 Å². The van der Waals surface area contributed by atoms with Crippen molar-refractivity contribution in [2.45, 2.75) is 59.2 Å². The molecule has 0 saturated carbocycles. The minimum Gasteiger partial charge on any atom is -0.380 e. The van der Waals surface area contributed by atoms with Crippen molar-refractivity contribution in [3.05, 3.63) is 0 Å².